The lowest BCUT2D eigenvalue weighted by molar-refractivity contribution is 0.0977. The van der Waals surface area contributed by atoms with E-state index >= 15 is 0 Å². The number of hydrogen-bond acceptors (Lipinski definition) is 6. The molecule has 3 aromatic carbocycles. The van der Waals surface area contributed by atoms with E-state index in [-0.39, 0.29) is 52.7 Å². The predicted molar refractivity (Wildman–Crippen MR) is 119 cm³/mol. The average molecular weight is 533 g/mol. The van der Waals surface area contributed by atoms with Gasteiger partial charge in [0.1, 0.15) is 30.5 Å². The largest absolute Gasteiger partial charge is 0.507 e. The molecule has 0 saturated heterocycles. The van der Waals surface area contributed by atoms with Crippen molar-refractivity contribution in [3.8, 4) is 17.2 Å². The standard InChI is InChI=1S/C22H15Br2NO5/c23-13-6-3-7-15(19(13)24)29-8-9-30-16-10-14(26)17-18(20(16)25)22(28)12-5-2-1-4-11(12)21(17)27/h1-7,10,26H,8-9,25H2. The molecule has 0 heterocycles. The first-order valence-corrected chi connectivity index (χ1v) is 10.5. The van der Waals surface area contributed by atoms with Gasteiger partial charge < -0.3 is 20.3 Å². The van der Waals surface area contributed by atoms with Crippen molar-refractivity contribution in [3.05, 3.63) is 79.7 Å². The van der Waals surface area contributed by atoms with Crippen LogP contribution in [0.3, 0.4) is 0 Å². The molecule has 0 spiro atoms. The molecular formula is C22H15Br2NO5. The second kappa shape index (κ2) is 8.12. The van der Waals surface area contributed by atoms with Gasteiger partial charge in [-0.1, -0.05) is 30.3 Å². The number of phenols is 1. The quantitative estimate of drug-likeness (QED) is 0.219. The van der Waals surface area contributed by atoms with Crippen molar-refractivity contribution in [2.45, 2.75) is 0 Å². The van der Waals surface area contributed by atoms with Gasteiger partial charge in [0.25, 0.3) is 0 Å². The van der Waals surface area contributed by atoms with Crippen LogP contribution in [0.1, 0.15) is 31.8 Å². The highest BCUT2D eigenvalue weighted by Crippen LogP contribution is 2.41. The molecule has 6 nitrogen and oxygen atoms in total. The molecule has 0 amide bonds. The van der Waals surface area contributed by atoms with Crippen LogP contribution in [0.25, 0.3) is 0 Å². The topological polar surface area (TPSA) is 98.8 Å². The van der Waals surface area contributed by atoms with Gasteiger partial charge in [-0.25, -0.2) is 0 Å². The number of carbonyl (C=O) groups excluding carboxylic acids is 2. The fraction of sp³-hybridized carbons (Fsp3) is 0.0909. The van der Waals surface area contributed by atoms with Crippen LogP contribution in [-0.4, -0.2) is 29.9 Å². The molecule has 152 valence electrons. The van der Waals surface area contributed by atoms with Crippen LogP contribution in [0.4, 0.5) is 5.69 Å². The number of halogens is 2. The third kappa shape index (κ3) is 3.46. The Morgan fingerprint density at radius 2 is 1.43 bits per heavy atom. The Morgan fingerprint density at radius 1 is 0.833 bits per heavy atom. The van der Waals surface area contributed by atoms with Gasteiger partial charge in [0, 0.05) is 21.7 Å². The summed E-state index contributed by atoms with van der Waals surface area (Å²) in [5.74, 6) is -0.473. The lowest BCUT2D eigenvalue weighted by atomic mass is 9.82. The molecule has 0 atom stereocenters. The highest BCUT2D eigenvalue weighted by molar-refractivity contribution is 9.13. The van der Waals surface area contributed by atoms with Gasteiger partial charge >= 0.3 is 0 Å². The van der Waals surface area contributed by atoms with E-state index in [4.69, 9.17) is 15.2 Å². The van der Waals surface area contributed by atoms with Crippen LogP contribution in [0.5, 0.6) is 17.2 Å². The van der Waals surface area contributed by atoms with E-state index in [1.54, 1.807) is 30.3 Å². The molecule has 3 aromatic rings. The van der Waals surface area contributed by atoms with E-state index in [2.05, 4.69) is 31.9 Å². The predicted octanol–water partition coefficient (Wildman–Crippen LogP) is 4.73. The monoisotopic (exact) mass is 531 g/mol. The van der Waals surface area contributed by atoms with Crippen LogP contribution in [0.2, 0.25) is 0 Å². The molecule has 1 aliphatic carbocycles. The molecule has 8 heteroatoms. The fourth-order valence-corrected chi connectivity index (χ4v) is 4.02. The zero-order valence-corrected chi connectivity index (χ0v) is 18.6. The number of ether oxygens (including phenoxy) is 2. The summed E-state index contributed by atoms with van der Waals surface area (Å²) >= 11 is 6.83. The van der Waals surface area contributed by atoms with Crippen molar-refractivity contribution in [2.24, 2.45) is 0 Å². The molecule has 30 heavy (non-hydrogen) atoms. The summed E-state index contributed by atoms with van der Waals surface area (Å²) in [6, 6.07) is 13.2. The van der Waals surface area contributed by atoms with E-state index in [1.807, 2.05) is 12.1 Å². The van der Waals surface area contributed by atoms with Crippen molar-refractivity contribution >= 4 is 49.1 Å². The first-order chi connectivity index (χ1) is 14.4. The minimum Gasteiger partial charge on any atom is -0.507 e. The summed E-state index contributed by atoms with van der Waals surface area (Å²) in [6.45, 7) is 0.308. The molecular weight excluding hydrogens is 518 g/mol. The van der Waals surface area contributed by atoms with Crippen LogP contribution in [-0.2, 0) is 0 Å². The fourth-order valence-electron chi connectivity index (χ4n) is 3.29. The average Bonchev–Trinajstić information content (AvgIpc) is 2.74. The molecule has 1 aliphatic rings. The van der Waals surface area contributed by atoms with Crippen molar-refractivity contribution in [1.29, 1.82) is 0 Å². The molecule has 0 fully saturated rings. The van der Waals surface area contributed by atoms with E-state index < -0.39 is 11.6 Å². The number of carbonyl (C=O) groups is 2. The van der Waals surface area contributed by atoms with E-state index in [0.29, 0.717) is 5.75 Å². The zero-order valence-electron chi connectivity index (χ0n) is 15.4. The van der Waals surface area contributed by atoms with Crippen LogP contribution < -0.4 is 15.2 Å². The summed E-state index contributed by atoms with van der Waals surface area (Å²) in [5.41, 5.74) is 6.53. The van der Waals surface area contributed by atoms with E-state index in [9.17, 15) is 14.7 Å². The maximum absolute atomic E-state index is 12.9. The SMILES string of the molecule is Nc1c(OCCOc2cccc(Br)c2Br)cc(O)c2c1C(=O)c1ccccc1C2=O. The van der Waals surface area contributed by atoms with Gasteiger partial charge in [-0.3, -0.25) is 9.59 Å². The number of phenolic OH excluding ortho intramolecular Hbond substituents is 1. The molecule has 0 bridgehead atoms. The molecule has 0 unspecified atom stereocenters. The van der Waals surface area contributed by atoms with Gasteiger partial charge in [-0.05, 0) is 44.0 Å². The Labute approximate surface area is 188 Å². The number of benzene rings is 3. The maximum atomic E-state index is 12.9. The van der Waals surface area contributed by atoms with Gasteiger partial charge in [0.05, 0.1) is 21.3 Å². The van der Waals surface area contributed by atoms with Gasteiger partial charge in [0.15, 0.2) is 11.6 Å². The third-order valence-corrected chi connectivity index (χ3v) is 6.70. The molecule has 0 saturated carbocycles. The Balaban J connectivity index is 1.56. The number of anilines is 1. The number of hydrogen-bond donors (Lipinski definition) is 2. The summed E-state index contributed by atoms with van der Waals surface area (Å²) < 4.78 is 13.0. The minimum atomic E-state index is -0.446. The Morgan fingerprint density at radius 3 is 2.10 bits per heavy atom. The van der Waals surface area contributed by atoms with Gasteiger partial charge in [-0.2, -0.15) is 0 Å². The van der Waals surface area contributed by atoms with Crippen molar-refractivity contribution < 1.29 is 24.2 Å². The first kappa shape index (κ1) is 20.4. The van der Waals surface area contributed by atoms with Crippen LogP contribution >= 0.6 is 31.9 Å². The number of aromatic hydroxyl groups is 1. The smallest absolute Gasteiger partial charge is 0.198 e. The summed E-state index contributed by atoms with van der Waals surface area (Å²) in [7, 11) is 0. The Kier molecular flexibility index (Phi) is 5.53. The summed E-state index contributed by atoms with van der Waals surface area (Å²) in [6.07, 6.45) is 0. The second-order valence-electron chi connectivity index (χ2n) is 6.51. The van der Waals surface area contributed by atoms with Gasteiger partial charge in [0.2, 0.25) is 0 Å². The van der Waals surface area contributed by atoms with E-state index in [1.165, 1.54) is 6.07 Å². The van der Waals surface area contributed by atoms with E-state index in [0.717, 1.165) is 8.95 Å². The number of rotatable bonds is 5. The summed E-state index contributed by atoms with van der Waals surface area (Å²) in [4.78, 5) is 25.7. The number of ketones is 2. The zero-order chi connectivity index (χ0) is 21.4. The molecule has 0 aromatic heterocycles. The van der Waals surface area contributed by atoms with Crippen LogP contribution in [0.15, 0.2) is 57.5 Å². The Bertz CT molecular complexity index is 1190. The van der Waals surface area contributed by atoms with Crippen molar-refractivity contribution in [3.63, 3.8) is 0 Å². The number of nitrogen functional groups attached to an aromatic ring is 1. The highest BCUT2D eigenvalue weighted by Gasteiger charge is 2.35. The van der Waals surface area contributed by atoms with Crippen molar-refractivity contribution in [1.82, 2.24) is 0 Å². The number of nitrogens with two attached hydrogens (primary N) is 1. The lowest BCUT2D eigenvalue weighted by Crippen LogP contribution is -2.23. The normalized spacial score (nSPS) is 12.3. The molecule has 3 N–H and O–H groups in total. The lowest BCUT2D eigenvalue weighted by Gasteiger charge is -2.21. The maximum Gasteiger partial charge on any atom is 0.198 e. The van der Waals surface area contributed by atoms with Gasteiger partial charge in [-0.15, -0.1) is 0 Å². The first-order valence-electron chi connectivity index (χ1n) is 8.93. The third-order valence-electron chi connectivity index (χ3n) is 4.69. The van der Waals surface area contributed by atoms with Crippen molar-refractivity contribution in [2.75, 3.05) is 18.9 Å². The highest BCUT2D eigenvalue weighted by atomic mass is 79.9. The molecule has 0 aliphatic heterocycles. The minimum absolute atomic E-state index is 0.0132. The summed E-state index contributed by atoms with van der Waals surface area (Å²) in [5, 5.41) is 10.4. The number of fused-ring (bicyclic) bond motifs is 2. The molecule has 4 rings (SSSR count). The Hall–Kier alpha value is -2.84. The molecule has 0 radical (unpaired) electrons. The second-order valence-corrected chi connectivity index (χ2v) is 8.16. The van der Waals surface area contributed by atoms with Crippen LogP contribution in [0, 0.1) is 0 Å².